The molecule has 0 saturated heterocycles. The Labute approximate surface area is 190 Å². The molecule has 0 aromatic heterocycles. The van der Waals surface area contributed by atoms with Crippen LogP contribution in [0.2, 0.25) is 39.3 Å². The van der Waals surface area contributed by atoms with Crippen molar-refractivity contribution in [3.05, 3.63) is 46.9 Å². The molecule has 3 N–H and O–H groups in total. The number of ketones is 2. The number of fused-ring (bicyclic) bond motifs is 3. The minimum absolute atomic E-state index is 0.0503. The Morgan fingerprint density at radius 2 is 1.25 bits per heavy atom. The van der Waals surface area contributed by atoms with Gasteiger partial charge in [-0.25, -0.2) is 0 Å². The van der Waals surface area contributed by atoms with E-state index in [1.54, 1.807) is 24.3 Å². The molecule has 0 saturated carbocycles. The summed E-state index contributed by atoms with van der Waals surface area (Å²) in [7, 11) is -3.94. The molecule has 0 radical (unpaired) electrons. The maximum Gasteiger partial charge on any atom is 0.241 e. The first-order valence-electron chi connectivity index (χ1n) is 11.0. The van der Waals surface area contributed by atoms with Crippen LogP contribution in [0.5, 0.6) is 5.75 Å². The fraction of sp³-hybridized carbons (Fsp3) is 0.417. The van der Waals surface area contributed by atoms with E-state index in [2.05, 4.69) is 39.3 Å². The van der Waals surface area contributed by atoms with E-state index in [1.165, 1.54) is 0 Å². The molecule has 0 fully saturated rings. The molecule has 0 aliphatic heterocycles. The summed E-state index contributed by atoms with van der Waals surface area (Å²) in [5.41, 5.74) is 6.84. The lowest BCUT2D eigenvalue weighted by Crippen LogP contribution is -2.42. The van der Waals surface area contributed by atoms with Gasteiger partial charge in [-0.1, -0.05) is 24.3 Å². The summed E-state index contributed by atoms with van der Waals surface area (Å²) in [5.74, 6) is -0.399. The predicted molar refractivity (Wildman–Crippen MR) is 131 cm³/mol. The first kappa shape index (κ1) is 22.6. The molecule has 2 aromatic rings. The molecule has 2 aromatic carbocycles. The van der Waals surface area contributed by atoms with Crippen molar-refractivity contribution in [2.75, 3.05) is 5.73 Å². The van der Waals surface area contributed by atoms with Crippen LogP contribution in [0.25, 0.3) is 10.8 Å². The summed E-state index contributed by atoms with van der Waals surface area (Å²) in [6.45, 7) is 12.5. The summed E-state index contributed by atoms with van der Waals surface area (Å²) < 4.78 is 12.7. The Balaban J connectivity index is 1.86. The van der Waals surface area contributed by atoms with Gasteiger partial charge in [0, 0.05) is 35.4 Å². The Morgan fingerprint density at radius 1 is 0.812 bits per heavy atom. The number of aromatic hydroxyl groups is 1. The molecule has 4 rings (SSSR count). The number of nitrogen functional groups attached to an aromatic ring is 1. The highest BCUT2D eigenvalue weighted by Gasteiger charge is 2.49. The van der Waals surface area contributed by atoms with Crippen LogP contribution in [0.4, 0.5) is 5.69 Å². The number of Topliss-reactive ketones (excluding diaryl/α,β-unsaturated/α-hetero) is 2. The number of hydrogen-bond donors (Lipinski definition) is 2. The van der Waals surface area contributed by atoms with Crippen molar-refractivity contribution < 1.29 is 23.5 Å². The third-order valence-electron chi connectivity index (χ3n) is 5.86. The zero-order valence-corrected chi connectivity index (χ0v) is 21.5. The van der Waals surface area contributed by atoms with Crippen molar-refractivity contribution in [3.63, 3.8) is 0 Å². The highest BCUT2D eigenvalue weighted by Crippen LogP contribution is 2.49. The highest BCUT2D eigenvalue weighted by molar-refractivity contribution is 6.70. The molecule has 0 bridgehead atoms. The average Bonchev–Trinajstić information content (AvgIpc) is 2.67. The topological polar surface area (TPSA) is 98.8 Å². The van der Waals surface area contributed by atoms with Gasteiger partial charge in [-0.15, -0.1) is 0 Å². The Morgan fingerprint density at radius 3 is 1.72 bits per heavy atom. The van der Waals surface area contributed by atoms with Crippen LogP contribution in [0, 0.1) is 11.8 Å². The molecule has 32 heavy (non-hydrogen) atoms. The summed E-state index contributed by atoms with van der Waals surface area (Å²) in [4.78, 5) is 27.3. The summed E-state index contributed by atoms with van der Waals surface area (Å²) in [6.07, 6.45) is 0.608. The van der Waals surface area contributed by atoms with E-state index in [1.807, 2.05) is 0 Å². The van der Waals surface area contributed by atoms with E-state index in [0.717, 1.165) is 0 Å². The number of benzene rings is 2. The number of phenolic OH excluding ortho intramolecular Hbond substituents is 1. The SMILES string of the molecule is C[Si](C)(C)OC1=C(O[Si](C)(C)C)C[C@H]2C(=O)c3c(c(N)c4ccccc4c3O)C(=O)[C@H]2C1. The number of anilines is 1. The van der Waals surface area contributed by atoms with Crippen LogP contribution in [-0.4, -0.2) is 33.3 Å². The van der Waals surface area contributed by atoms with Crippen molar-refractivity contribution >= 4 is 44.7 Å². The van der Waals surface area contributed by atoms with E-state index in [9.17, 15) is 14.7 Å². The van der Waals surface area contributed by atoms with Crippen molar-refractivity contribution in [3.8, 4) is 5.75 Å². The average molecular weight is 470 g/mol. The number of phenols is 1. The van der Waals surface area contributed by atoms with Crippen LogP contribution in [-0.2, 0) is 8.85 Å². The second kappa shape index (κ2) is 7.48. The van der Waals surface area contributed by atoms with Gasteiger partial charge < -0.3 is 19.7 Å². The molecule has 8 heteroatoms. The van der Waals surface area contributed by atoms with Gasteiger partial charge in [-0.3, -0.25) is 9.59 Å². The van der Waals surface area contributed by atoms with E-state index in [-0.39, 0.29) is 34.1 Å². The van der Waals surface area contributed by atoms with Crippen molar-refractivity contribution in [1.82, 2.24) is 0 Å². The monoisotopic (exact) mass is 469 g/mol. The number of carbonyl (C=O) groups excluding carboxylic acids is 2. The normalized spacial score (nSPS) is 21.4. The van der Waals surface area contributed by atoms with Crippen molar-refractivity contribution in [2.45, 2.75) is 52.1 Å². The van der Waals surface area contributed by atoms with E-state index >= 15 is 0 Å². The van der Waals surface area contributed by atoms with Crippen LogP contribution in [0.1, 0.15) is 33.6 Å². The van der Waals surface area contributed by atoms with Gasteiger partial charge in [-0.2, -0.15) is 0 Å². The third kappa shape index (κ3) is 3.86. The first-order chi connectivity index (χ1) is 14.8. The van der Waals surface area contributed by atoms with Crippen LogP contribution < -0.4 is 5.73 Å². The summed E-state index contributed by atoms with van der Waals surface area (Å²) in [5, 5.41) is 12.0. The molecular formula is C24H31NO5Si2. The van der Waals surface area contributed by atoms with Gasteiger partial charge in [0.25, 0.3) is 0 Å². The Bertz CT molecular complexity index is 1080. The van der Waals surface area contributed by atoms with E-state index in [0.29, 0.717) is 35.1 Å². The fourth-order valence-corrected chi connectivity index (χ4v) is 6.59. The first-order valence-corrected chi connectivity index (χ1v) is 17.8. The molecular weight excluding hydrogens is 438 g/mol. The Hall–Kier alpha value is -2.59. The Kier molecular flexibility index (Phi) is 5.29. The number of nitrogens with two attached hydrogens (primary N) is 1. The third-order valence-corrected chi connectivity index (χ3v) is 7.58. The number of carbonyl (C=O) groups is 2. The molecule has 0 spiro atoms. The van der Waals surface area contributed by atoms with Gasteiger partial charge >= 0.3 is 0 Å². The van der Waals surface area contributed by atoms with Crippen LogP contribution >= 0.6 is 0 Å². The van der Waals surface area contributed by atoms with Crippen LogP contribution in [0.3, 0.4) is 0 Å². The largest absolute Gasteiger partial charge is 0.545 e. The van der Waals surface area contributed by atoms with Crippen molar-refractivity contribution in [1.29, 1.82) is 0 Å². The molecule has 0 amide bonds. The zero-order chi connectivity index (χ0) is 23.6. The molecule has 2 aliphatic carbocycles. The molecule has 170 valence electrons. The van der Waals surface area contributed by atoms with Crippen LogP contribution in [0.15, 0.2) is 35.8 Å². The van der Waals surface area contributed by atoms with E-state index in [4.69, 9.17) is 14.6 Å². The minimum Gasteiger partial charge on any atom is -0.545 e. The number of hydrogen-bond acceptors (Lipinski definition) is 6. The fourth-order valence-electron chi connectivity index (χ4n) is 4.71. The standard InChI is InChI=1S/C24H31NO5Si2/c1-31(2,3)29-17-11-15-16(12-18(17)30-32(4,5)6)24(28)20-19(23(15)27)21(25)13-9-7-8-10-14(13)22(20)26/h7-10,15-16,26H,11-12,25H2,1-6H3/t15-,16+/m0/s1. The number of rotatable bonds is 4. The second-order valence-corrected chi connectivity index (χ2v) is 19.5. The van der Waals surface area contributed by atoms with Gasteiger partial charge in [-0.05, 0) is 39.3 Å². The molecule has 0 unspecified atom stereocenters. The summed E-state index contributed by atoms with van der Waals surface area (Å²) >= 11 is 0. The zero-order valence-electron chi connectivity index (χ0n) is 19.5. The second-order valence-electron chi connectivity index (χ2n) is 10.7. The maximum atomic E-state index is 13.7. The number of allylic oxidation sites excluding steroid dienone is 2. The lowest BCUT2D eigenvalue weighted by atomic mass is 9.67. The highest BCUT2D eigenvalue weighted by atomic mass is 28.4. The summed E-state index contributed by atoms with van der Waals surface area (Å²) in [6, 6.07) is 7.04. The van der Waals surface area contributed by atoms with Gasteiger partial charge in [0.05, 0.1) is 16.8 Å². The lowest BCUT2D eigenvalue weighted by Gasteiger charge is -2.39. The molecule has 2 aliphatic rings. The molecule has 2 atom stereocenters. The van der Waals surface area contributed by atoms with Gasteiger partial charge in [0.1, 0.15) is 17.3 Å². The van der Waals surface area contributed by atoms with E-state index < -0.39 is 28.5 Å². The minimum atomic E-state index is -1.97. The quantitative estimate of drug-likeness (QED) is 0.351. The molecule has 6 nitrogen and oxygen atoms in total. The smallest absolute Gasteiger partial charge is 0.241 e. The maximum absolute atomic E-state index is 13.7. The lowest BCUT2D eigenvalue weighted by molar-refractivity contribution is 0.0680. The van der Waals surface area contributed by atoms with Gasteiger partial charge in [0.15, 0.2) is 11.6 Å². The van der Waals surface area contributed by atoms with Crippen molar-refractivity contribution in [2.24, 2.45) is 11.8 Å². The molecule has 0 heterocycles. The predicted octanol–water partition coefficient (Wildman–Crippen LogP) is 5.45. The van der Waals surface area contributed by atoms with Gasteiger partial charge in [0.2, 0.25) is 16.6 Å².